The second-order valence-electron chi connectivity index (χ2n) is 5.36. The lowest BCUT2D eigenvalue weighted by Crippen LogP contribution is -2.14. The van der Waals surface area contributed by atoms with Gasteiger partial charge in [-0.1, -0.05) is 34.6 Å². The van der Waals surface area contributed by atoms with Crippen LogP contribution in [0.25, 0.3) is 5.69 Å². The molecule has 1 N–H and O–H groups in total. The molecule has 0 bridgehead atoms. The normalized spacial score (nSPS) is 10.8. The van der Waals surface area contributed by atoms with E-state index >= 15 is 0 Å². The predicted molar refractivity (Wildman–Crippen MR) is 91.4 cm³/mol. The van der Waals surface area contributed by atoms with Crippen LogP contribution in [-0.4, -0.2) is 31.6 Å². The van der Waals surface area contributed by atoms with Gasteiger partial charge in [-0.2, -0.15) is 0 Å². The Balaban J connectivity index is 1.69. The fraction of sp³-hybridized carbons (Fsp3) is 0.250. The molecular weight excluding hydrogens is 326 g/mol. The van der Waals surface area contributed by atoms with Gasteiger partial charge in [0, 0.05) is 11.8 Å². The maximum Gasteiger partial charge on any atom is 0.236 e. The molecule has 0 radical (unpaired) electrons. The van der Waals surface area contributed by atoms with E-state index in [0.29, 0.717) is 16.7 Å². The summed E-state index contributed by atoms with van der Waals surface area (Å²) in [6.45, 7) is 5.69. The fourth-order valence-electron chi connectivity index (χ4n) is 2.16. The van der Waals surface area contributed by atoms with E-state index < -0.39 is 0 Å². The van der Waals surface area contributed by atoms with Crippen LogP contribution >= 0.6 is 11.8 Å². The first kappa shape index (κ1) is 16.3. The third-order valence-corrected chi connectivity index (χ3v) is 4.24. The summed E-state index contributed by atoms with van der Waals surface area (Å²) in [5, 5.41) is 15.4. The summed E-state index contributed by atoms with van der Waals surface area (Å²) in [5.41, 5.74) is 2.15. The molecule has 0 unspecified atom stereocenters. The number of anilines is 1. The van der Waals surface area contributed by atoms with E-state index in [9.17, 15) is 4.79 Å². The molecule has 124 valence electrons. The molecule has 3 rings (SSSR count). The lowest BCUT2D eigenvalue weighted by molar-refractivity contribution is -0.113. The van der Waals surface area contributed by atoms with Crippen LogP contribution in [-0.2, 0) is 4.79 Å². The van der Waals surface area contributed by atoms with Crippen LogP contribution in [0.1, 0.15) is 17.1 Å². The van der Waals surface area contributed by atoms with Crippen LogP contribution < -0.4 is 5.32 Å². The molecule has 0 saturated heterocycles. The van der Waals surface area contributed by atoms with E-state index in [0.717, 1.165) is 11.5 Å². The van der Waals surface area contributed by atoms with Crippen LogP contribution in [0.5, 0.6) is 0 Å². The Hall–Kier alpha value is -2.61. The molecule has 1 amide bonds. The van der Waals surface area contributed by atoms with Crippen molar-refractivity contribution in [1.82, 2.24) is 19.9 Å². The van der Waals surface area contributed by atoms with Crippen molar-refractivity contribution in [3.05, 3.63) is 47.5 Å². The number of nitrogens with one attached hydrogen (secondary N) is 1. The highest BCUT2D eigenvalue weighted by Gasteiger charge is 2.14. The van der Waals surface area contributed by atoms with Crippen molar-refractivity contribution in [2.75, 3.05) is 11.1 Å². The van der Waals surface area contributed by atoms with E-state index in [4.69, 9.17) is 4.52 Å². The first-order chi connectivity index (χ1) is 11.5. The summed E-state index contributed by atoms with van der Waals surface area (Å²) >= 11 is 1.32. The standard InChI is InChI=1S/C16H17N5O2S/c1-10-4-6-13(7-5-10)21-12(3)18-19-16(21)24-9-15(22)17-14-8-11(2)23-20-14/h4-8H,9H2,1-3H3,(H,17,20,22). The van der Waals surface area contributed by atoms with Crippen LogP contribution in [0.15, 0.2) is 40.0 Å². The quantitative estimate of drug-likeness (QED) is 0.717. The molecule has 2 heterocycles. The smallest absolute Gasteiger partial charge is 0.236 e. The third kappa shape index (κ3) is 3.65. The first-order valence-corrected chi connectivity index (χ1v) is 8.36. The van der Waals surface area contributed by atoms with Gasteiger partial charge in [0.05, 0.1) is 5.75 Å². The van der Waals surface area contributed by atoms with E-state index in [2.05, 4.69) is 20.7 Å². The number of rotatable bonds is 5. The van der Waals surface area contributed by atoms with Crippen molar-refractivity contribution in [2.24, 2.45) is 0 Å². The number of aromatic nitrogens is 4. The lowest BCUT2D eigenvalue weighted by Gasteiger charge is -2.08. The van der Waals surface area contributed by atoms with Crippen LogP contribution in [0.3, 0.4) is 0 Å². The molecule has 0 saturated carbocycles. The summed E-state index contributed by atoms with van der Waals surface area (Å²) in [6, 6.07) is 9.75. The number of aryl methyl sites for hydroxylation is 3. The Morgan fingerprint density at radius 3 is 2.62 bits per heavy atom. The first-order valence-electron chi connectivity index (χ1n) is 7.38. The SMILES string of the molecule is Cc1ccc(-n2c(C)nnc2SCC(=O)Nc2cc(C)on2)cc1. The topological polar surface area (TPSA) is 85.8 Å². The second kappa shape index (κ2) is 6.88. The van der Waals surface area contributed by atoms with Crippen LogP contribution in [0, 0.1) is 20.8 Å². The summed E-state index contributed by atoms with van der Waals surface area (Å²) in [6.07, 6.45) is 0. The van der Waals surface area contributed by atoms with Gasteiger partial charge >= 0.3 is 0 Å². The number of nitrogens with zero attached hydrogens (tertiary/aromatic N) is 4. The molecule has 0 aliphatic carbocycles. The van der Waals surface area contributed by atoms with Gasteiger partial charge in [-0.3, -0.25) is 9.36 Å². The Morgan fingerprint density at radius 1 is 1.21 bits per heavy atom. The highest BCUT2D eigenvalue weighted by atomic mass is 32.2. The third-order valence-electron chi connectivity index (χ3n) is 3.32. The summed E-state index contributed by atoms with van der Waals surface area (Å²) in [5.74, 6) is 1.86. The number of hydrogen-bond donors (Lipinski definition) is 1. The Kier molecular flexibility index (Phi) is 4.66. The van der Waals surface area contributed by atoms with Gasteiger partial charge in [0.1, 0.15) is 11.6 Å². The van der Waals surface area contributed by atoms with Crippen molar-refractivity contribution in [2.45, 2.75) is 25.9 Å². The minimum atomic E-state index is -0.176. The molecule has 1 aromatic carbocycles. The molecule has 24 heavy (non-hydrogen) atoms. The van der Waals surface area contributed by atoms with Crippen LogP contribution in [0.4, 0.5) is 5.82 Å². The highest BCUT2D eigenvalue weighted by Crippen LogP contribution is 2.22. The molecular formula is C16H17N5O2S. The zero-order chi connectivity index (χ0) is 17.1. The molecule has 2 aromatic heterocycles. The van der Waals surface area contributed by atoms with Crippen molar-refractivity contribution < 1.29 is 9.32 Å². The zero-order valence-corrected chi connectivity index (χ0v) is 14.4. The van der Waals surface area contributed by atoms with Gasteiger partial charge in [0.2, 0.25) is 5.91 Å². The molecule has 0 fully saturated rings. The van der Waals surface area contributed by atoms with Gasteiger partial charge in [-0.25, -0.2) is 0 Å². The highest BCUT2D eigenvalue weighted by molar-refractivity contribution is 7.99. The molecule has 7 nitrogen and oxygen atoms in total. The number of carbonyl (C=O) groups excluding carboxylic acids is 1. The van der Waals surface area contributed by atoms with Gasteiger partial charge < -0.3 is 9.84 Å². The van der Waals surface area contributed by atoms with Crippen molar-refractivity contribution in [3.63, 3.8) is 0 Å². The molecule has 0 aliphatic rings. The van der Waals surface area contributed by atoms with E-state index in [1.807, 2.05) is 42.7 Å². The molecule has 3 aromatic rings. The number of amides is 1. The Bertz CT molecular complexity index is 854. The monoisotopic (exact) mass is 343 g/mol. The van der Waals surface area contributed by atoms with E-state index in [1.54, 1.807) is 13.0 Å². The maximum atomic E-state index is 12.0. The minimum Gasteiger partial charge on any atom is -0.360 e. The van der Waals surface area contributed by atoms with Gasteiger partial charge in [-0.15, -0.1) is 10.2 Å². The van der Waals surface area contributed by atoms with E-state index in [1.165, 1.54) is 17.3 Å². The molecule has 0 aliphatic heterocycles. The zero-order valence-electron chi connectivity index (χ0n) is 13.6. The van der Waals surface area contributed by atoms with E-state index in [-0.39, 0.29) is 11.7 Å². The Labute approximate surface area is 143 Å². The summed E-state index contributed by atoms with van der Waals surface area (Å²) in [7, 11) is 0. The maximum absolute atomic E-state index is 12.0. The van der Waals surface area contributed by atoms with Crippen molar-refractivity contribution in [3.8, 4) is 5.69 Å². The molecule has 8 heteroatoms. The number of thioether (sulfide) groups is 1. The average molecular weight is 343 g/mol. The number of carbonyl (C=O) groups is 1. The van der Waals surface area contributed by atoms with Crippen molar-refractivity contribution in [1.29, 1.82) is 0 Å². The summed E-state index contributed by atoms with van der Waals surface area (Å²) in [4.78, 5) is 12.0. The second-order valence-corrected chi connectivity index (χ2v) is 6.30. The van der Waals surface area contributed by atoms with Gasteiger partial charge in [-0.05, 0) is 32.9 Å². The Morgan fingerprint density at radius 2 is 1.96 bits per heavy atom. The van der Waals surface area contributed by atoms with Gasteiger partial charge in [0.25, 0.3) is 0 Å². The number of benzene rings is 1. The predicted octanol–water partition coefficient (Wildman–Crippen LogP) is 2.91. The van der Waals surface area contributed by atoms with Crippen LogP contribution in [0.2, 0.25) is 0 Å². The van der Waals surface area contributed by atoms with Gasteiger partial charge in [0.15, 0.2) is 11.0 Å². The average Bonchev–Trinajstić information content (AvgIpc) is 3.12. The van der Waals surface area contributed by atoms with Crippen molar-refractivity contribution >= 4 is 23.5 Å². The number of hydrogen-bond acceptors (Lipinski definition) is 6. The molecule has 0 spiro atoms. The largest absolute Gasteiger partial charge is 0.360 e. The lowest BCUT2D eigenvalue weighted by atomic mass is 10.2. The fourth-order valence-corrected chi connectivity index (χ4v) is 2.96. The minimum absolute atomic E-state index is 0.176. The molecule has 0 atom stereocenters. The summed E-state index contributed by atoms with van der Waals surface area (Å²) < 4.78 is 6.85.